The van der Waals surface area contributed by atoms with E-state index in [4.69, 9.17) is 16.3 Å². The van der Waals surface area contributed by atoms with Gasteiger partial charge in [-0.3, -0.25) is 9.36 Å². The topological polar surface area (TPSA) is 51.5 Å². The maximum atomic E-state index is 11.9. The largest absolute Gasteiger partial charge is 0.508 e. The Morgan fingerprint density at radius 1 is 1.32 bits per heavy atom. The predicted octanol–water partition coefficient (Wildman–Crippen LogP) is 2.65. The summed E-state index contributed by atoms with van der Waals surface area (Å²) >= 11 is 6.21. The molecule has 1 aromatic carbocycles. The highest BCUT2D eigenvalue weighted by molar-refractivity contribution is 6.32. The molecule has 0 atom stereocenters. The predicted molar refractivity (Wildman–Crippen MR) is 74.2 cm³/mol. The number of rotatable bonds is 3. The number of hydrogen-bond donors (Lipinski definition) is 1. The minimum atomic E-state index is -0.320. The summed E-state index contributed by atoms with van der Waals surface area (Å²) in [5, 5.41) is 9.85. The molecule has 100 valence electrons. The lowest BCUT2D eigenvalue weighted by atomic mass is 10.2. The summed E-state index contributed by atoms with van der Waals surface area (Å²) in [4.78, 5) is 11.9. The molecular weight excluding hydrogens is 266 g/mol. The summed E-state index contributed by atoms with van der Waals surface area (Å²) in [5.41, 5.74) is 1.81. The van der Waals surface area contributed by atoms with E-state index in [1.165, 1.54) is 10.6 Å². The Balaban J connectivity index is 2.57. The molecule has 0 aliphatic rings. The number of aryl methyl sites for hydroxylation is 1. The van der Waals surface area contributed by atoms with Crippen LogP contribution in [0.2, 0.25) is 5.02 Å². The van der Waals surface area contributed by atoms with Crippen LogP contribution in [0, 0.1) is 6.92 Å². The van der Waals surface area contributed by atoms with Crippen LogP contribution in [0.15, 0.2) is 35.1 Å². The highest BCUT2D eigenvalue weighted by atomic mass is 35.5. The van der Waals surface area contributed by atoms with Crippen molar-refractivity contribution in [1.82, 2.24) is 4.57 Å². The van der Waals surface area contributed by atoms with Gasteiger partial charge in [0.2, 0.25) is 0 Å². The number of methoxy groups -OCH3 is 1. The molecule has 2 rings (SSSR count). The van der Waals surface area contributed by atoms with E-state index in [1.54, 1.807) is 26.2 Å². The number of nitrogens with zero attached hydrogens (tertiary/aromatic N) is 1. The van der Waals surface area contributed by atoms with Gasteiger partial charge >= 0.3 is 0 Å². The molecule has 0 aliphatic carbocycles. The minimum absolute atomic E-state index is 0.0501. The van der Waals surface area contributed by atoms with Crippen molar-refractivity contribution in [2.75, 3.05) is 7.11 Å². The Morgan fingerprint density at radius 3 is 2.63 bits per heavy atom. The molecule has 0 amide bonds. The average Bonchev–Trinajstić information content (AvgIpc) is 2.31. The number of halogens is 1. The van der Waals surface area contributed by atoms with Gasteiger partial charge in [0.15, 0.2) is 0 Å². The van der Waals surface area contributed by atoms with Gasteiger partial charge in [-0.05, 0) is 30.7 Å². The fraction of sp³-hybridized carbons (Fsp3) is 0.214. The fourth-order valence-corrected chi connectivity index (χ4v) is 2.27. The summed E-state index contributed by atoms with van der Waals surface area (Å²) in [5.74, 6) is -0.0501. The van der Waals surface area contributed by atoms with Crippen LogP contribution >= 0.6 is 11.6 Å². The zero-order valence-corrected chi connectivity index (χ0v) is 11.4. The van der Waals surface area contributed by atoms with Gasteiger partial charge in [-0.1, -0.05) is 17.7 Å². The highest BCUT2D eigenvalue weighted by Crippen LogP contribution is 2.23. The number of aromatic hydroxyl groups is 1. The highest BCUT2D eigenvalue weighted by Gasteiger charge is 2.09. The summed E-state index contributed by atoms with van der Waals surface area (Å²) in [7, 11) is 1.61. The molecule has 0 fully saturated rings. The number of aromatic nitrogens is 1. The van der Waals surface area contributed by atoms with E-state index in [0.717, 1.165) is 11.6 Å². The first kappa shape index (κ1) is 13.6. The zero-order valence-electron chi connectivity index (χ0n) is 10.7. The summed E-state index contributed by atoms with van der Waals surface area (Å²) in [6.45, 7) is 2.20. The SMILES string of the molecule is COCc1ccc(-n2c(C)cc(O)cc2=O)c(Cl)c1. The van der Waals surface area contributed by atoms with Gasteiger partial charge in [0.1, 0.15) is 5.75 Å². The third-order valence-corrected chi connectivity index (χ3v) is 3.07. The Morgan fingerprint density at radius 2 is 2.05 bits per heavy atom. The Hall–Kier alpha value is -1.78. The number of benzene rings is 1. The lowest BCUT2D eigenvalue weighted by molar-refractivity contribution is 0.185. The van der Waals surface area contributed by atoms with Crippen LogP contribution in [-0.4, -0.2) is 16.8 Å². The van der Waals surface area contributed by atoms with Crippen LogP contribution < -0.4 is 5.56 Å². The maximum Gasteiger partial charge on any atom is 0.259 e. The summed E-state index contributed by atoms with van der Waals surface area (Å²) in [6.07, 6.45) is 0. The van der Waals surface area contributed by atoms with Crippen LogP contribution in [0.4, 0.5) is 0 Å². The van der Waals surface area contributed by atoms with E-state index in [-0.39, 0.29) is 11.3 Å². The van der Waals surface area contributed by atoms with Gasteiger partial charge in [-0.2, -0.15) is 0 Å². The molecule has 0 aliphatic heterocycles. The summed E-state index contributed by atoms with van der Waals surface area (Å²) in [6, 6.07) is 8.05. The molecule has 1 N–H and O–H groups in total. The van der Waals surface area contributed by atoms with Gasteiger partial charge in [0.25, 0.3) is 5.56 Å². The number of hydrogen-bond acceptors (Lipinski definition) is 3. The molecule has 19 heavy (non-hydrogen) atoms. The second-order valence-corrected chi connectivity index (χ2v) is 4.65. The first-order valence-corrected chi connectivity index (χ1v) is 6.11. The van der Waals surface area contributed by atoms with Gasteiger partial charge in [0.05, 0.1) is 17.3 Å². The van der Waals surface area contributed by atoms with Crippen molar-refractivity contribution >= 4 is 11.6 Å². The van der Waals surface area contributed by atoms with E-state index >= 15 is 0 Å². The third kappa shape index (κ3) is 2.80. The standard InChI is InChI=1S/C14H14ClNO3/c1-9-5-11(17)7-14(18)16(9)13-4-3-10(8-19-2)6-12(13)15/h3-7,17H,8H2,1-2H3. The first-order chi connectivity index (χ1) is 9.02. The van der Waals surface area contributed by atoms with E-state index < -0.39 is 0 Å². The Bertz CT molecular complexity index is 664. The molecular formula is C14H14ClNO3. The fourth-order valence-electron chi connectivity index (χ4n) is 1.98. The molecule has 1 heterocycles. The molecule has 1 aromatic heterocycles. The number of ether oxygens (including phenoxy) is 1. The van der Waals surface area contributed by atoms with Crippen molar-refractivity contribution in [1.29, 1.82) is 0 Å². The molecule has 2 aromatic rings. The molecule has 0 spiro atoms. The van der Waals surface area contributed by atoms with Crippen molar-refractivity contribution in [3.05, 3.63) is 57.0 Å². The molecule has 0 saturated carbocycles. The first-order valence-electron chi connectivity index (χ1n) is 5.73. The number of pyridine rings is 1. The molecule has 4 nitrogen and oxygen atoms in total. The molecule has 0 saturated heterocycles. The third-order valence-electron chi connectivity index (χ3n) is 2.77. The van der Waals surface area contributed by atoms with Gasteiger partial charge in [-0.15, -0.1) is 0 Å². The van der Waals surface area contributed by atoms with Gasteiger partial charge < -0.3 is 9.84 Å². The normalized spacial score (nSPS) is 10.7. The van der Waals surface area contributed by atoms with Crippen molar-refractivity contribution in [3.8, 4) is 11.4 Å². The van der Waals surface area contributed by atoms with Crippen molar-refractivity contribution in [3.63, 3.8) is 0 Å². The maximum absolute atomic E-state index is 11.9. The Kier molecular flexibility index (Phi) is 3.93. The lowest BCUT2D eigenvalue weighted by Gasteiger charge is -2.12. The minimum Gasteiger partial charge on any atom is -0.508 e. The average molecular weight is 280 g/mol. The Labute approximate surface area is 115 Å². The van der Waals surface area contributed by atoms with Crippen LogP contribution in [-0.2, 0) is 11.3 Å². The molecule has 0 unspecified atom stereocenters. The van der Waals surface area contributed by atoms with Gasteiger partial charge in [-0.25, -0.2) is 0 Å². The lowest BCUT2D eigenvalue weighted by Crippen LogP contribution is -2.19. The van der Waals surface area contributed by atoms with E-state index in [2.05, 4.69) is 0 Å². The molecule has 0 bridgehead atoms. The van der Waals surface area contributed by atoms with Gasteiger partial charge in [0, 0.05) is 18.9 Å². The van der Waals surface area contributed by atoms with E-state index in [0.29, 0.717) is 23.0 Å². The quantitative estimate of drug-likeness (QED) is 0.940. The van der Waals surface area contributed by atoms with Crippen LogP contribution in [0.3, 0.4) is 0 Å². The smallest absolute Gasteiger partial charge is 0.259 e. The summed E-state index contributed by atoms with van der Waals surface area (Å²) < 4.78 is 6.49. The zero-order chi connectivity index (χ0) is 14.0. The monoisotopic (exact) mass is 279 g/mol. The van der Waals surface area contributed by atoms with Crippen molar-refractivity contribution < 1.29 is 9.84 Å². The van der Waals surface area contributed by atoms with Crippen molar-refractivity contribution in [2.45, 2.75) is 13.5 Å². The van der Waals surface area contributed by atoms with Crippen molar-refractivity contribution in [2.24, 2.45) is 0 Å². The van der Waals surface area contributed by atoms with E-state index in [1.807, 2.05) is 6.07 Å². The second kappa shape index (κ2) is 5.47. The molecule has 5 heteroatoms. The second-order valence-electron chi connectivity index (χ2n) is 4.25. The van der Waals surface area contributed by atoms with Crippen LogP contribution in [0.1, 0.15) is 11.3 Å². The van der Waals surface area contributed by atoms with E-state index in [9.17, 15) is 9.90 Å². The van der Waals surface area contributed by atoms with Crippen LogP contribution in [0.25, 0.3) is 5.69 Å². The molecule has 0 radical (unpaired) electrons. The van der Waals surface area contributed by atoms with Crippen LogP contribution in [0.5, 0.6) is 5.75 Å².